The minimum absolute atomic E-state index is 0.161. The van der Waals surface area contributed by atoms with E-state index in [0.29, 0.717) is 5.75 Å². The highest BCUT2D eigenvalue weighted by Gasteiger charge is 2.01. The van der Waals surface area contributed by atoms with Crippen LogP contribution in [0.1, 0.15) is 6.92 Å². The highest BCUT2D eigenvalue weighted by Crippen LogP contribution is 2.03. The molecule has 0 aromatic heterocycles. The fourth-order valence-electron chi connectivity index (χ4n) is 0.443. The molecule has 0 rings (SSSR count). The molecule has 3 nitrogen and oxygen atoms in total. The van der Waals surface area contributed by atoms with Crippen LogP contribution in [0.4, 0.5) is 0 Å². The van der Waals surface area contributed by atoms with Gasteiger partial charge in [0.15, 0.2) is 0 Å². The molecule has 10 heavy (non-hydrogen) atoms. The molecular weight excluding hydrogens is 150 g/mol. The largest absolute Gasteiger partial charge is 0.394 e. The molecule has 0 radical (unpaired) electrons. The molecule has 4 N–H and O–H groups in total. The lowest BCUT2D eigenvalue weighted by Crippen LogP contribution is -2.21. The van der Waals surface area contributed by atoms with E-state index in [-0.39, 0.29) is 12.6 Å². The van der Waals surface area contributed by atoms with E-state index in [2.05, 4.69) is 0 Å². The van der Waals surface area contributed by atoms with Crippen molar-refractivity contribution < 1.29 is 10.2 Å². The topological polar surface area (TPSA) is 66.5 Å². The molecule has 62 valence electrons. The molecule has 4 heteroatoms. The Morgan fingerprint density at radius 2 is 2.10 bits per heavy atom. The zero-order chi connectivity index (χ0) is 7.98. The summed E-state index contributed by atoms with van der Waals surface area (Å²) in [5.41, 5.74) is 5.46. The molecule has 0 amide bonds. The van der Waals surface area contributed by atoms with E-state index in [1.54, 1.807) is 11.8 Å². The third kappa shape index (κ3) is 6.35. The van der Waals surface area contributed by atoms with Gasteiger partial charge in [-0.3, -0.25) is 0 Å². The van der Waals surface area contributed by atoms with E-state index >= 15 is 0 Å². The molecule has 0 saturated heterocycles. The monoisotopic (exact) mass is 165 g/mol. The number of aliphatic hydroxyl groups is 2. The number of nitrogens with two attached hydrogens (primary N) is 1. The summed E-state index contributed by atoms with van der Waals surface area (Å²) in [4.78, 5) is 0. The van der Waals surface area contributed by atoms with Crippen molar-refractivity contribution in [1.82, 2.24) is 0 Å². The van der Waals surface area contributed by atoms with Gasteiger partial charge in [-0.1, -0.05) is 0 Å². The van der Waals surface area contributed by atoms with E-state index in [4.69, 9.17) is 15.9 Å². The first-order valence-corrected chi connectivity index (χ1v) is 4.44. The summed E-state index contributed by atoms with van der Waals surface area (Å²) in [5, 5.41) is 17.3. The Hall–Kier alpha value is 0.230. The van der Waals surface area contributed by atoms with Crippen LogP contribution in [0, 0.1) is 0 Å². The Bertz CT molecular complexity index is 80.1. The number of thioether (sulfide) groups is 1. The molecule has 0 heterocycles. The maximum atomic E-state index is 8.86. The maximum absolute atomic E-state index is 8.86. The minimum atomic E-state index is -0.594. The van der Waals surface area contributed by atoms with Gasteiger partial charge in [0.25, 0.3) is 0 Å². The Balaban J connectivity index is 3.03. The van der Waals surface area contributed by atoms with Gasteiger partial charge in [0.2, 0.25) is 0 Å². The summed E-state index contributed by atoms with van der Waals surface area (Å²) in [6.07, 6.45) is -0.594. The fraction of sp³-hybridized carbons (Fsp3) is 1.00. The summed E-state index contributed by atoms with van der Waals surface area (Å²) in [6, 6.07) is 0.163. The second-order valence-electron chi connectivity index (χ2n) is 2.35. The van der Waals surface area contributed by atoms with Crippen molar-refractivity contribution in [3.63, 3.8) is 0 Å². The van der Waals surface area contributed by atoms with Gasteiger partial charge in [-0.25, -0.2) is 0 Å². The van der Waals surface area contributed by atoms with Gasteiger partial charge in [0.05, 0.1) is 12.7 Å². The zero-order valence-electron chi connectivity index (χ0n) is 6.16. The van der Waals surface area contributed by atoms with Crippen LogP contribution < -0.4 is 5.73 Å². The second kappa shape index (κ2) is 5.97. The summed E-state index contributed by atoms with van der Waals surface area (Å²) in [7, 11) is 0. The standard InChI is InChI=1S/C6H15NO2S/c1-5(7)3-10-4-6(9)2-8/h5-6,8-9H,2-4,7H2,1H3/t5-,6?/m0/s1. The first-order chi connectivity index (χ1) is 4.66. The smallest absolute Gasteiger partial charge is 0.0861 e. The van der Waals surface area contributed by atoms with E-state index in [0.717, 1.165) is 5.75 Å². The molecule has 0 saturated carbocycles. The van der Waals surface area contributed by atoms with Crippen LogP contribution >= 0.6 is 11.8 Å². The maximum Gasteiger partial charge on any atom is 0.0861 e. The average molecular weight is 165 g/mol. The highest BCUT2D eigenvalue weighted by atomic mass is 32.2. The number of aliphatic hydroxyl groups excluding tert-OH is 2. The third-order valence-corrected chi connectivity index (χ3v) is 2.28. The highest BCUT2D eigenvalue weighted by molar-refractivity contribution is 7.99. The van der Waals surface area contributed by atoms with Crippen LogP contribution in [0.15, 0.2) is 0 Å². The van der Waals surface area contributed by atoms with E-state index in [9.17, 15) is 0 Å². The van der Waals surface area contributed by atoms with E-state index in [1.165, 1.54) is 0 Å². The summed E-state index contributed by atoms with van der Waals surface area (Å²) < 4.78 is 0. The van der Waals surface area contributed by atoms with Gasteiger partial charge in [0.1, 0.15) is 0 Å². The van der Waals surface area contributed by atoms with Crippen molar-refractivity contribution in [1.29, 1.82) is 0 Å². The first kappa shape index (κ1) is 10.2. The van der Waals surface area contributed by atoms with E-state index < -0.39 is 6.10 Å². The van der Waals surface area contributed by atoms with Gasteiger partial charge in [-0.15, -0.1) is 0 Å². The Kier molecular flexibility index (Phi) is 6.11. The Morgan fingerprint density at radius 1 is 1.50 bits per heavy atom. The zero-order valence-corrected chi connectivity index (χ0v) is 6.97. The van der Waals surface area contributed by atoms with Crippen molar-refractivity contribution >= 4 is 11.8 Å². The molecule has 1 unspecified atom stereocenters. The van der Waals surface area contributed by atoms with Gasteiger partial charge in [-0.2, -0.15) is 11.8 Å². The van der Waals surface area contributed by atoms with Crippen LogP contribution in [-0.2, 0) is 0 Å². The van der Waals surface area contributed by atoms with Crippen molar-refractivity contribution in [3.05, 3.63) is 0 Å². The molecule has 0 fully saturated rings. The number of rotatable bonds is 5. The lowest BCUT2D eigenvalue weighted by Gasteiger charge is -2.07. The van der Waals surface area contributed by atoms with Crippen LogP contribution in [0.3, 0.4) is 0 Å². The molecule has 0 aliphatic heterocycles. The first-order valence-electron chi connectivity index (χ1n) is 3.29. The molecule has 0 aromatic carbocycles. The van der Waals surface area contributed by atoms with Crippen LogP contribution in [0.25, 0.3) is 0 Å². The van der Waals surface area contributed by atoms with E-state index in [1.807, 2.05) is 6.92 Å². The van der Waals surface area contributed by atoms with Gasteiger partial charge >= 0.3 is 0 Å². The molecule has 0 aliphatic carbocycles. The van der Waals surface area contributed by atoms with Crippen LogP contribution in [0.2, 0.25) is 0 Å². The number of hydrogen-bond acceptors (Lipinski definition) is 4. The van der Waals surface area contributed by atoms with Crippen molar-refractivity contribution in [3.8, 4) is 0 Å². The van der Waals surface area contributed by atoms with Gasteiger partial charge < -0.3 is 15.9 Å². The molecule has 0 bridgehead atoms. The van der Waals surface area contributed by atoms with Crippen molar-refractivity contribution in [2.45, 2.75) is 19.1 Å². The molecule has 2 atom stereocenters. The SMILES string of the molecule is C[C@H](N)CSCC(O)CO. The molecule has 0 aliphatic rings. The lowest BCUT2D eigenvalue weighted by atomic mass is 10.4. The quantitative estimate of drug-likeness (QED) is 0.510. The van der Waals surface area contributed by atoms with Crippen LogP contribution in [0.5, 0.6) is 0 Å². The van der Waals surface area contributed by atoms with Crippen molar-refractivity contribution in [2.75, 3.05) is 18.1 Å². The third-order valence-electron chi connectivity index (χ3n) is 0.902. The Morgan fingerprint density at radius 3 is 2.50 bits per heavy atom. The predicted octanol–water partition coefficient (Wildman–Crippen LogP) is -0.580. The lowest BCUT2D eigenvalue weighted by molar-refractivity contribution is 0.113. The van der Waals surface area contributed by atoms with Gasteiger partial charge in [0, 0.05) is 17.5 Å². The second-order valence-corrected chi connectivity index (χ2v) is 3.43. The molecule has 0 aromatic rings. The minimum Gasteiger partial charge on any atom is -0.394 e. The molecule has 0 spiro atoms. The number of hydrogen-bond donors (Lipinski definition) is 3. The van der Waals surface area contributed by atoms with Crippen LogP contribution in [-0.4, -0.2) is 40.5 Å². The fourth-order valence-corrected chi connectivity index (χ4v) is 1.33. The summed E-state index contributed by atoms with van der Waals surface area (Å²) >= 11 is 1.56. The van der Waals surface area contributed by atoms with Gasteiger partial charge in [-0.05, 0) is 6.92 Å². The predicted molar refractivity (Wildman–Crippen MR) is 44.1 cm³/mol. The Labute approximate surface area is 65.6 Å². The molecular formula is C6H15NO2S. The average Bonchev–Trinajstić information content (AvgIpc) is 1.87. The summed E-state index contributed by atoms with van der Waals surface area (Å²) in [5.74, 6) is 1.40. The van der Waals surface area contributed by atoms with Crippen molar-refractivity contribution in [2.24, 2.45) is 5.73 Å². The normalized spacial score (nSPS) is 16.8. The summed E-state index contributed by atoms with van der Waals surface area (Å²) in [6.45, 7) is 1.75.